The first kappa shape index (κ1) is 21.9. The highest BCUT2D eigenvalue weighted by Crippen LogP contribution is 2.21. The maximum Gasteiger partial charge on any atom is 0.274 e. The largest absolute Gasteiger partial charge is 0.489 e. The highest BCUT2D eigenvalue weighted by atomic mass is 35.5. The molecule has 0 radical (unpaired) electrons. The Kier molecular flexibility index (Phi) is 6.75. The first-order valence-electron chi connectivity index (χ1n) is 10.6. The van der Waals surface area contributed by atoms with Crippen molar-refractivity contribution in [2.75, 3.05) is 18.4 Å². The number of nitrogens with one attached hydrogen (secondary N) is 1. The van der Waals surface area contributed by atoms with Gasteiger partial charge >= 0.3 is 0 Å². The van der Waals surface area contributed by atoms with Gasteiger partial charge in [0.2, 0.25) is 0 Å². The summed E-state index contributed by atoms with van der Waals surface area (Å²) < 4.78 is 7.28. The molecule has 166 valence electrons. The second-order valence-electron chi connectivity index (χ2n) is 7.78. The highest BCUT2D eigenvalue weighted by Gasteiger charge is 2.25. The van der Waals surface area contributed by atoms with Crippen molar-refractivity contribution in [1.29, 1.82) is 0 Å². The van der Waals surface area contributed by atoms with Gasteiger partial charge < -0.3 is 15.0 Å². The molecule has 0 atom stereocenters. The Morgan fingerprint density at radius 2 is 1.84 bits per heavy atom. The smallest absolute Gasteiger partial charge is 0.274 e. The van der Waals surface area contributed by atoms with Crippen LogP contribution in [0.4, 0.5) is 5.69 Å². The van der Waals surface area contributed by atoms with Gasteiger partial charge in [-0.05, 0) is 61.2 Å². The number of hydrogen-bond donors (Lipinski definition) is 1. The van der Waals surface area contributed by atoms with Crippen LogP contribution in [-0.2, 0) is 13.7 Å². The Morgan fingerprint density at radius 3 is 2.59 bits per heavy atom. The van der Waals surface area contributed by atoms with Crippen molar-refractivity contribution in [1.82, 2.24) is 14.7 Å². The molecule has 1 aromatic heterocycles. The number of amides is 2. The molecule has 2 heterocycles. The summed E-state index contributed by atoms with van der Waals surface area (Å²) in [7, 11) is 1.71. The van der Waals surface area contributed by atoms with Crippen LogP contribution in [0.3, 0.4) is 0 Å². The first-order chi connectivity index (χ1) is 15.5. The van der Waals surface area contributed by atoms with Crippen molar-refractivity contribution in [3.8, 4) is 5.75 Å². The lowest BCUT2D eigenvalue weighted by Crippen LogP contribution is -2.37. The van der Waals surface area contributed by atoms with Crippen LogP contribution in [0.15, 0.2) is 54.7 Å². The topological polar surface area (TPSA) is 76.5 Å². The van der Waals surface area contributed by atoms with E-state index in [1.165, 1.54) is 10.9 Å². The molecule has 0 spiro atoms. The van der Waals surface area contributed by atoms with Crippen LogP contribution in [-0.4, -0.2) is 39.6 Å². The van der Waals surface area contributed by atoms with Gasteiger partial charge in [-0.25, -0.2) is 0 Å². The van der Waals surface area contributed by atoms with Gasteiger partial charge in [0.15, 0.2) is 0 Å². The molecule has 3 aromatic rings. The zero-order valence-corrected chi connectivity index (χ0v) is 18.6. The summed E-state index contributed by atoms with van der Waals surface area (Å²) in [5.41, 5.74) is 2.13. The summed E-state index contributed by atoms with van der Waals surface area (Å²) in [6.45, 7) is 1.77. The predicted octanol–water partition coefficient (Wildman–Crippen LogP) is 4.53. The average Bonchev–Trinajstić information content (AvgIpc) is 3.18. The molecule has 0 unspecified atom stereocenters. The second-order valence-corrected chi connectivity index (χ2v) is 8.22. The van der Waals surface area contributed by atoms with E-state index in [2.05, 4.69) is 10.4 Å². The van der Waals surface area contributed by atoms with Crippen molar-refractivity contribution in [2.45, 2.75) is 25.9 Å². The molecule has 1 fully saturated rings. The zero-order chi connectivity index (χ0) is 22.5. The van der Waals surface area contributed by atoms with Gasteiger partial charge in [0.25, 0.3) is 11.8 Å². The minimum absolute atomic E-state index is 0.106. The van der Waals surface area contributed by atoms with Gasteiger partial charge in [0.05, 0.1) is 11.9 Å². The van der Waals surface area contributed by atoms with Crippen LogP contribution in [0, 0.1) is 0 Å². The van der Waals surface area contributed by atoms with Crippen molar-refractivity contribution < 1.29 is 14.3 Å². The lowest BCUT2D eigenvalue weighted by Gasteiger charge is -2.27. The van der Waals surface area contributed by atoms with E-state index in [9.17, 15) is 9.59 Å². The Labute approximate surface area is 191 Å². The third kappa shape index (κ3) is 5.11. The van der Waals surface area contributed by atoms with Crippen LogP contribution < -0.4 is 10.1 Å². The van der Waals surface area contributed by atoms with Gasteiger partial charge in [-0.2, -0.15) is 5.10 Å². The number of carbonyl (C=O) groups excluding carboxylic acids is 2. The number of piperidine rings is 1. The molecule has 32 heavy (non-hydrogen) atoms. The summed E-state index contributed by atoms with van der Waals surface area (Å²) in [5, 5.41) is 7.68. The van der Waals surface area contributed by atoms with E-state index in [0.717, 1.165) is 37.9 Å². The van der Waals surface area contributed by atoms with Crippen molar-refractivity contribution in [2.24, 2.45) is 7.05 Å². The number of aromatic nitrogens is 2. The third-order valence-electron chi connectivity index (χ3n) is 5.44. The molecule has 1 aliphatic rings. The van der Waals surface area contributed by atoms with Crippen LogP contribution in [0.25, 0.3) is 0 Å². The summed E-state index contributed by atoms with van der Waals surface area (Å²) in [4.78, 5) is 27.7. The van der Waals surface area contributed by atoms with E-state index < -0.39 is 0 Å². The number of likely N-dealkylation sites (tertiary alicyclic amines) is 1. The Morgan fingerprint density at radius 1 is 1.09 bits per heavy atom. The molecule has 1 aliphatic heterocycles. The van der Waals surface area contributed by atoms with Crippen molar-refractivity contribution in [3.05, 3.63) is 76.6 Å². The average molecular weight is 453 g/mol. The highest BCUT2D eigenvalue weighted by molar-refractivity contribution is 6.30. The summed E-state index contributed by atoms with van der Waals surface area (Å²) >= 11 is 5.90. The van der Waals surface area contributed by atoms with Crippen LogP contribution in [0.1, 0.15) is 45.7 Å². The molecule has 2 amide bonds. The number of hydrogen-bond acceptors (Lipinski definition) is 4. The number of aryl methyl sites for hydroxylation is 1. The van der Waals surface area contributed by atoms with Gasteiger partial charge in [0.1, 0.15) is 18.1 Å². The van der Waals surface area contributed by atoms with Gasteiger partial charge in [-0.3, -0.25) is 14.3 Å². The molecule has 0 bridgehead atoms. The Bertz CT molecular complexity index is 1100. The quantitative estimate of drug-likeness (QED) is 0.596. The standard InChI is InChI=1S/C24H25ClN4O3/c1-28-22(24(31)29-12-3-2-4-13-29)21(15-26-28)27-23(30)18-7-5-6-17(14-18)16-32-20-10-8-19(25)9-11-20/h5-11,14-15H,2-4,12-13,16H2,1H3,(H,27,30). The number of benzene rings is 2. The van der Waals surface area contributed by atoms with Crippen molar-refractivity contribution >= 4 is 29.1 Å². The first-order valence-corrected chi connectivity index (χ1v) is 11.0. The maximum atomic E-state index is 13.0. The number of anilines is 1. The van der Waals surface area contributed by atoms with Gasteiger partial charge in [-0.1, -0.05) is 23.7 Å². The fourth-order valence-electron chi connectivity index (χ4n) is 3.72. The second kappa shape index (κ2) is 9.87. The van der Waals surface area contributed by atoms with E-state index >= 15 is 0 Å². The maximum absolute atomic E-state index is 13.0. The number of halogens is 1. The van der Waals surface area contributed by atoms with E-state index in [1.54, 1.807) is 49.5 Å². The molecular weight excluding hydrogens is 428 g/mol. The minimum atomic E-state index is -0.306. The third-order valence-corrected chi connectivity index (χ3v) is 5.69. The molecule has 0 saturated carbocycles. The summed E-state index contributed by atoms with van der Waals surface area (Å²) in [6, 6.07) is 14.3. The van der Waals surface area contributed by atoms with Crippen LogP contribution in [0.5, 0.6) is 5.75 Å². The minimum Gasteiger partial charge on any atom is -0.489 e. The fraction of sp³-hybridized carbons (Fsp3) is 0.292. The number of ether oxygens (including phenoxy) is 1. The molecule has 1 saturated heterocycles. The van der Waals surface area contributed by atoms with Crippen LogP contribution >= 0.6 is 11.6 Å². The number of rotatable bonds is 6. The number of nitrogens with zero attached hydrogens (tertiary/aromatic N) is 3. The lowest BCUT2D eigenvalue weighted by molar-refractivity contribution is 0.0714. The predicted molar refractivity (Wildman–Crippen MR) is 123 cm³/mol. The number of carbonyl (C=O) groups is 2. The molecule has 4 rings (SSSR count). The molecular formula is C24H25ClN4O3. The van der Waals surface area contributed by atoms with E-state index in [4.69, 9.17) is 16.3 Å². The summed E-state index contributed by atoms with van der Waals surface area (Å²) in [6.07, 6.45) is 4.64. The van der Waals surface area contributed by atoms with Crippen LogP contribution in [0.2, 0.25) is 5.02 Å². The monoisotopic (exact) mass is 452 g/mol. The lowest BCUT2D eigenvalue weighted by atomic mass is 10.1. The molecule has 2 aromatic carbocycles. The van der Waals surface area contributed by atoms with Crippen molar-refractivity contribution in [3.63, 3.8) is 0 Å². The fourth-order valence-corrected chi connectivity index (χ4v) is 3.85. The van der Waals surface area contributed by atoms with E-state index in [1.807, 2.05) is 11.0 Å². The molecule has 1 N–H and O–H groups in total. The van der Waals surface area contributed by atoms with E-state index in [0.29, 0.717) is 34.3 Å². The van der Waals surface area contributed by atoms with Gasteiger partial charge in [0, 0.05) is 30.7 Å². The summed E-state index contributed by atoms with van der Waals surface area (Å²) in [5.74, 6) is 0.282. The zero-order valence-electron chi connectivity index (χ0n) is 17.9. The van der Waals surface area contributed by atoms with Gasteiger partial charge in [-0.15, -0.1) is 0 Å². The van der Waals surface area contributed by atoms with E-state index in [-0.39, 0.29) is 11.8 Å². The molecule has 7 nitrogen and oxygen atoms in total. The SMILES string of the molecule is Cn1ncc(NC(=O)c2cccc(COc3ccc(Cl)cc3)c2)c1C(=O)N1CCCCC1. The molecule has 8 heteroatoms. The molecule has 0 aliphatic carbocycles. The Hall–Kier alpha value is -3.32. The Balaban J connectivity index is 1.44. The normalized spacial score (nSPS) is 13.6.